The fraction of sp³-hybridized carbons (Fsp3) is 0.538. The van der Waals surface area contributed by atoms with E-state index in [1.54, 1.807) is 6.07 Å². The molecule has 0 bridgehead atoms. The van der Waals surface area contributed by atoms with E-state index in [0.29, 0.717) is 0 Å². The Morgan fingerprint density at radius 1 is 1.29 bits per heavy atom. The van der Waals surface area contributed by atoms with Crippen LogP contribution in [0, 0.1) is 11.3 Å². The molecule has 0 N–H and O–H groups in total. The molecule has 0 saturated carbocycles. The summed E-state index contributed by atoms with van der Waals surface area (Å²) in [5.41, 5.74) is -0.821. The average Bonchev–Trinajstić information content (AvgIpc) is 2.48. The summed E-state index contributed by atoms with van der Waals surface area (Å²) in [6, 6.07) is 3.42. The second-order valence-electron chi connectivity index (χ2n) is 4.70. The zero-order valence-corrected chi connectivity index (χ0v) is 13.8. The standard InChI is InChI=1S/C13H13F5N2O2S2/c14-12(15)23-5-3-10(7-19)24(21,22)6-4-9-1-2-11(20-8-9)13(16,17)18/h1-2,8,10,12H,3-6H2. The van der Waals surface area contributed by atoms with E-state index in [1.165, 1.54) is 0 Å². The van der Waals surface area contributed by atoms with Crippen LogP contribution in [0.3, 0.4) is 0 Å². The van der Waals surface area contributed by atoms with Gasteiger partial charge in [0.2, 0.25) is 0 Å². The van der Waals surface area contributed by atoms with Crippen molar-refractivity contribution in [2.24, 2.45) is 0 Å². The Labute approximate surface area is 140 Å². The minimum Gasteiger partial charge on any atom is -0.252 e. The number of aryl methyl sites for hydroxylation is 1. The number of thioether (sulfide) groups is 1. The van der Waals surface area contributed by atoms with E-state index in [9.17, 15) is 30.4 Å². The zero-order valence-electron chi connectivity index (χ0n) is 12.1. The van der Waals surface area contributed by atoms with Crippen molar-refractivity contribution in [3.63, 3.8) is 0 Å². The smallest absolute Gasteiger partial charge is 0.252 e. The van der Waals surface area contributed by atoms with Gasteiger partial charge in [-0.25, -0.2) is 8.42 Å². The number of alkyl halides is 5. The van der Waals surface area contributed by atoms with Gasteiger partial charge in [-0.2, -0.15) is 27.2 Å². The quantitative estimate of drug-likeness (QED) is 0.639. The monoisotopic (exact) mass is 388 g/mol. The Hall–Kier alpha value is -1.41. The van der Waals surface area contributed by atoms with Crippen molar-refractivity contribution in [3.05, 3.63) is 29.6 Å². The molecule has 0 aromatic carbocycles. The largest absolute Gasteiger partial charge is 0.433 e. The molecule has 1 heterocycles. The molecule has 1 unspecified atom stereocenters. The van der Waals surface area contributed by atoms with Gasteiger partial charge in [0.15, 0.2) is 9.84 Å². The summed E-state index contributed by atoms with van der Waals surface area (Å²) in [6.45, 7) is 0. The molecule has 0 fully saturated rings. The van der Waals surface area contributed by atoms with Gasteiger partial charge in [0.05, 0.1) is 11.8 Å². The maximum atomic E-state index is 12.4. The zero-order chi connectivity index (χ0) is 18.4. The maximum absolute atomic E-state index is 12.4. The van der Waals surface area contributed by atoms with Gasteiger partial charge in [0.25, 0.3) is 5.76 Å². The van der Waals surface area contributed by atoms with E-state index in [-0.39, 0.29) is 35.9 Å². The minimum absolute atomic E-state index is 0.117. The molecule has 0 radical (unpaired) electrons. The van der Waals surface area contributed by atoms with Gasteiger partial charge in [0, 0.05) is 11.9 Å². The summed E-state index contributed by atoms with van der Waals surface area (Å²) in [6.07, 6.45) is -4.02. The van der Waals surface area contributed by atoms with Crippen molar-refractivity contribution in [3.8, 4) is 6.07 Å². The lowest BCUT2D eigenvalue weighted by atomic mass is 10.2. The van der Waals surface area contributed by atoms with Crippen molar-refractivity contribution in [1.82, 2.24) is 4.98 Å². The highest BCUT2D eigenvalue weighted by atomic mass is 32.2. The summed E-state index contributed by atoms with van der Waals surface area (Å²) in [5.74, 6) is -3.31. The van der Waals surface area contributed by atoms with E-state index in [2.05, 4.69) is 4.98 Å². The molecule has 0 amide bonds. The molecule has 0 spiro atoms. The normalized spacial score (nSPS) is 13.7. The Morgan fingerprint density at radius 3 is 2.42 bits per heavy atom. The predicted molar refractivity (Wildman–Crippen MR) is 79.2 cm³/mol. The molecule has 1 atom stereocenters. The molecule has 11 heteroatoms. The van der Waals surface area contributed by atoms with Crippen molar-refractivity contribution in [2.45, 2.75) is 30.0 Å². The van der Waals surface area contributed by atoms with E-state index >= 15 is 0 Å². The molecule has 1 aromatic heterocycles. The molecule has 134 valence electrons. The SMILES string of the molecule is N#CC(CCSC(F)F)S(=O)(=O)CCc1ccc(C(F)(F)F)nc1. The van der Waals surface area contributed by atoms with E-state index in [4.69, 9.17) is 5.26 Å². The van der Waals surface area contributed by atoms with Crippen LogP contribution < -0.4 is 0 Å². The molecular weight excluding hydrogens is 375 g/mol. The van der Waals surface area contributed by atoms with Gasteiger partial charge in [-0.15, -0.1) is 0 Å². The van der Waals surface area contributed by atoms with Crippen molar-refractivity contribution < 1.29 is 30.4 Å². The Morgan fingerprint density at radius 2 is 1.96 bits per heavy atom. The van der Waals surface area contributed by atoms with Crippen LogP contribution in [0.1, 0.15) is 17.7 Å². The first-order valence-corrected chi connectivity index (χ1v) is 9.35. The van der Waals surface area contributed by atoms with Crippen LogP contribution in [0.5, 0.6) is 0 Å². The third kappa shape index (κ3) is 6.60. The van der Waals surface area contributed by atoms with Crippen LogP contribution in [0.4, 0.5) is 22.0 Å². The number of pyridine rings is 1. The molecule has 0 aliphatic carbocycles. The molecule has 4 nitrogen and oxygen atoms in total. The first kappa shape index (κ1) is 20.6. The highest BCUT2D eigenvalue weighted by Crippen LogP contribution is 2.27. The van der Waals surface area contributed by atoms with Crippen LogP contribution in [0.25, 0.3) is 0 Å². The number of nitrogens with zero attached hydrogens (tertiary/aromatic N) is 2. The highest BCUT2D eigenvalue weighted by molar-refractivity contribution is 7.99. The van der Waals surface area contributed by atoms with E-state index in [0.717, 1.165) is 18.3 Å². The Bertz CT molecular complexity index is 669. The Kier molecular flexibility index (Phi) is 7.41. The average molecular weight is 388 g/mol. The van der Waals surface area contributed by atoms with Crippen molar-refractivity contribution in [1.29, 1.82) is 5.26 Å². The fourth-order valence-electron chi connectivity index (χ4n) is 1.73. The van der Waals surface area contributed by atoms with Crippen LogP contribution in [-0.4, -0.2) is 35.9 Å². The van der Waals surface area contributed by atoms with Gasteiger partial charge in [0.1, 0.15) is 10.9 Å². The summed E-state index contributed by atoms with van der Waals surface area (Å²) < 4.78 is 85.2. The van der Waals surface area contributed by atoms with Gasteiger partial charge in [-0.05, 0) is 24.5 Å². The minimum atomic E-state index is -4.58. The summed E-state index contributed by atoms with van der Waals surface area (Å²) in [5, 5.41) is 7.46. The molecular formula is C13H13F5N2O2S2. The van der Waals surface area contributed by atoms with Gasteiger partial charge in [-0.1, -0.05) is 17.8 Å². The van der Waals surface area contributed by atoms with E-state index in [1.807, 2.05) is 0 Å². The Balaban J connectivity index is 2.65. The second kappa shape index (κ2) is 8.62. The van der Waals surface area contributed by atoms with E-state index < -0.39 is 38.5 Å². The summed E-state index contributed by atoms with van der Waals surface area (Å²) in [4.78, 5) is 3.21. The summed E-state index contributed by atoms with van der Waals surface area (Å²) in [7, 11) is -3.88. The first-order chi connectivity index (χ1) is 11.1. The fourth-order valence-corrected chi connectivity index (χ4v) is 3.87. The third-order valence-corrected chi connectivity index (χ3v) is 5.70. The van der Waals surface area contributed by atoms with Gasteiger partial charge < -0.3 is 0 Å². The molecule has 0 saturated heterocycles. The lowest BCUT2D eigenvalue weighted by Gasteiger charge is -2.11. The second-order valence-corrected chi connectivity index (χ2v) is 8.11. The number of aromatic nitrogens is 1. The molecule has 1 aromatic rings. The predicted octanol–water partition coefficient (Wildman–Crippen LogP) is 3.30. The molecule has 1 rings (SSSR count). The topological polar surface area (TPSA) is 70.8 Å². The van der Waals surface area contributed by atoms with Gasteiger partial charge >= 0.3 is 6.18 Å². The number of nitriles is 1. The number of hydrogen-bond donors (Lipinski definition) is 0. The van der Waals surface area contributed by atoms with Crippen molar-refractivity contribution in [2.75, 3.05) is 11.5 Å². The highest BCUT2D eigenvalue weighted by Gasteiger charge is 2.32. The molecule has 24 heavy (non-hydrogen) atoms. The number of hydrogen-bond acceptors (Lipinski definition) is 5. The number of rotatable bonds is 8. The lowest BCUT2D eigenvalue weighted by Crippen LogP contribution is -2.24. The van der Waals surface area contributed by atoms with Gasteiger partial charge in [-0.3, -0.25) is 4.98 Å². The van der Waals surface area contributed by atoms with Crippen LogP contribution in [0.15, 0.2) is 18.3 Å². The van der Waals surface area contributed by atoms with Crippen LogP contribution >= 0.6 is 11.8 Å². The van der Waals surface area contributed by atoms with Crippen LogP contribution in [-0.2, 0) is 22.4 Å². The molecule has 0 aliphatic rings. The number of sulfone groups is 1. The van der Waals surface area contributed by atoms with Crippen molar-refractivity contribution >= 4 is 21.6 Å². The summed E-state index contributed by atoms with van der Waals surface area (Å²) >= 11 is 0.244. The third-order valence-electron chi connectivity index (χ3n) is 2.99. The number of halogens is 5. The first-order valence-electron chi connectivity index (χ1n) is 6.59. The lowest BCUT2D eigenvalue weighted by molar-refractivity contribution is -0.141. The van der Waals surface area contributed by atoms with Crippen LogP contribution in [0.2, 0.25) is 0 Å². The maximum Gasteiger partial charge on any atom is 0.433 e. The molecule has 0 aliphatic heterocycles.